The molecule has 78 valence electrons. The minimum absolute atomic E-state index is 0.752. The van der Waals surface area contributed by atoms with Crippen LogP contribution in [-0.2, 0) is 6.54 Å². The Morgan fingerprint density at radius 1 is 1.27 bits per heavy atom. The third-order valence-corrected chi connectivity index (χ3v) is 2.90. The van der Waals surface area contributed by atoms with E-state index in [-0.39, 0.29) is 0 Å². The van der Waals surface area contributed by atoms with E-state index >= 15 is 0 Å². The summed E-state index contributed by atoms with van der Waals surface area (Å²) in [5, 5.41) is 3.21. The molecule has 0 atom stereocenters. The van der Waals surface area contributed by atoms with Gasteiger partial charge in [0, 0.05) is 11.1 Å². The molecule has 0 aliphatic rings. The van der Waals surface area contributed by atoms with Crippen molar-refractivity contribution in [3.05, 3.63) is 34.2 Å². The highest BCUT2D eigenvalue weighted by Gasteiger charge is 1.99. The van der Waals surface area contributed by atoms with Gasteiger partial charge in [-0.3, -0.25) is 9.97 Å². The van der Waals surface area contributed by atoms with Crippen LogP contribution >= 0.6 is 11.3 Å². The Labute approximate surface area is 92.4 Å². The van der Waals surface area contributed by atoms with E-state index in [1.807, 2.05) is 25.6 Å². The van der Waals surface area contributed by atoms with Gasteiger partial charge in [0.05, 0.1) is 29.6 Å². The SMILES string of the molecule is Cc1ncc(NCc2cncs2)nc1C. The van der Waals surface area contributed by atoms with Crippen LogP contribution in [0.5, 0.6) is 0 Å². The van der Waals surface area contributed by atoms with Crippen LogP contribution in [0, 0.1) is 13.8 Å². The Morgan fingerprint density at radius 2 is 2.13 bits per heavy atom. The van der Waals surface area contributed by atoms with Gasteiger partial charge in [-0.05, 0) is 13.8 Å². The standard InChI is InChI=1S/C10H12N4S/c1-7-8(2)14-10(5-12-7)13-4-9-3-11-6-15-9/h3,5-6H,4H2,1-2H3,(H,13,14). The van der Waals surface area contributed by atoms with E-state index in [0.717, 1.165) is 23.8 Å². The van der Waals surface area contributed by atoms with Crippen LogP contribution in [0.3, 0.4) is 0 Å². The van der Waals surface area contributed by atoms with Crippen molar-refractivity contribution in [1.29, 1.82) is 0 Å². The van der Waals surface area contributed by atoms with E-state index in [1.165, 1.54) is 4.88 Å². The summed E-state index contributed by atoms with van der Waals surface area (Å²) in [7, 11) is 0. The molecule has 0 saturated carbocycles. The first-order chi connectivity index (χ1) is 7.25. The van der Waals surface area contributed by atoms with Gasteiger partial charge in [-0.25, -0.2) is 4.98 Å². The van der Waals surface area contributed by atoms with E-state index < -0.39 is 0 Å². The van der Waals surface area contributed by atoms with E-state index in [1.54, 1.807) is 17.5 Å². The molecule has 0 radical (unpaired) electrons. The molecule has 2 aromatic heterocycles. The van der Waals surface area contributed by atoms with Gasteiger partial charge in [0.1, 0.15) is 5.82 Å². The minimum Gasteiger partial charge on any atom is -0.364 e. The van der Waals surface area contributed by atoms with Crippen molar-refractivity contribution in [2.75, 3.05) is 5.32 Å². The second-order valence-corrected chi connectivity index (χ2v) is 4.22. The molecule has 2 aromatic rings. The number of aromatic nitrogens is 3. The number of hydrogen-bond donors (Lipinski definition) is 1. The molecule has 2 rings (SSSR count). The lowest BCUT2D eigenvalue weighted by Crippen LogP contribution is -2.02. The van der Waals surface area contributed by atoms with Crippen LogP contribution in [0.4, 0.5) is 5.82 Å². The second-order valence-electron chi connectivity index (χ2n) is 3.25. The summed E-state index contributed by atoms with van der Waals surface area (Å²) in [6.45, 7) is 4.66. The summed E-state index contributed by atoms with van der Waals surface area (Å²) in [6.07, 6.45) is 3.61. The fourth-order valence-corrected chi connectivity index (χ4v) is 1.67. The molecule has 0 aliphatic heterocycles. The van der Waals surface area contributed by atoms with Gasteiger partial charge in [0.2, 0.25) is 0 Å². The van der Waals surface area contributed by atoms with Crippen LogP contribution in [0.25, 0.3) is 0 Å². The fraction of sp³-hybridized carbons (Fsp3) is 0.300. The van der Waals surface area contributed by atoms with Gasteiger partial charge < -0.3 is 5.32 Å². The van der Waals surface area contributed by atoms with Gasteiger partial charge >= 0.3 is 0 Å². The number of rotatable bonds is 3. The van der Waals surface area contributed by atoms with Crippen LogP contribution in [0.1, 0.15) is 16.3 Å². The average molecular weight is 220 g/mol. The number of anilines is 1. The normalized spacial score (nSPS) is 10.3. The van der Waals surface area contributed by atoms with E-state index in [2.05, 4.69) is 20.3 Å². The largest absolute Gasteiger partial charge is 0.364 e. The Bertz CT molecular complexity index is 439. The molecule has 0 spiro atoms. The van der Waals surface area contributed by atoms with E-state index in [0.29, 0.717) is 0 Å². The van der Waals surface area contributed by atoms with Crippen LogP contribution < -0.4 is 5.32 Å². The van der Waals surface area contributed by atoms with Crippen LogP contribution in [0.2, 0.25) is 0 Å². The Kier molecular flexibility index (Phi) is 2.91. The molecule has 1 N–H and O–H groups in total. The van der Waals surface area contributed by atoms with E-state index in [4.69, 9.17) is 0 Å². The third kappa shape index (κ3) is 2.50. The zero-order valence-corrected chi connectivity index (χ0v) is 9.51. The minimum atomic E-state index is 0.752. The van der Waals surface area contributed by atoms with Crippen molar-refractivity contribution >= 4 is 17.2 Å². The molecular formula is C10H12N4S. The molecule has 4 nitrogen and oxygen atoms in total. The number of hydrogen-bond acceptors (Lipinski definition) is 5. The maximum atomic E-state index is 4.38. The third-order valence-electron chi connectivity index (χ3n) is 2.12. The number of thiazole rings is 1. The van der Waals surface area contributed by atoms with Gasteiger partial charge in [0.15, 0.2) is 0 Å². The number of nitrogens with zero attached hydrogens (tertiary/aromatic N) is 3. The predicted octanol–water partition coefficient (Wildman–Crippen LogP) is 2.16. The zero-order valence-electron chi connectivity index (χ0n) is 8.69. The summed E-state index contributed by atoms with van der Waals surface area (Å²) in [4.78, 5) is 13.8. The number of aryl methyl sites for hydroxylation is 2. The summed E-state index contributed by atoms with van der Waals surface area (Å²) in [5.74, 6) is 0.812. The molecular weight excluding hydrogens is 208 g/mol. The highest BCUT2D eigenvalue weighted by atomic mass is 32.1. The van der Waals surface area contributed by atoms with Gasteiger partial charge in [-0.15, -0.1) is 11.3 Å². The molecule has 0 unspecified atom stereocenters. The fourth-order valence-electron chi connectivity index (χ4n) is 1.13. The summed E-state index contributed by atoms with van der Waals surface area (Å²) >= 11 is 1.63. The zero-order chi connectivity index (χ0) is 10.7. The van der Waals surface area contributed by atoms with Crippen molar-refractivity contribution in [1.82, 2.24) is 15.0 Å². The smallest absolute Gasteiger partial charge is 0.145 e. The van der Waals surface area contributed by atoms with Gasteiger partial charge in [0.25, 0.3) is 0 Å². The lowest BCUT2D eigenvalue weighted by atomic mass is 10.3. The first-order valence-electron chi connectivity index (χ1n) is 4.67. The highest BCUT2D eigenvalue weighted by molar-refractivity contribution is 7.09. The molecule has 0 amide bonds. The Hall–Kier alpha value is -1.49. The van der Waals surface area contributed by atoms with Crippen molar-refractivity contribution in [3.8, 4) is 0 Å². The van der Waals surface area contributed by atoms with Crippen molar-refractivity contribution in [3.63, 3.8) is 0 Å². The second kappa shape index (κ2) is 4.35. The molecule has 5 heteroatoms. The molecule has 0 aliphatic carbocycles. The van der Waals surface area contributed by atoms with Crippen molar-refractivity contribution < 1.29 is 0 Å². The molecule has 15 heavy (non-hydrogen) atoms. The maximum absolute atomic E-state index is 4.38. The maximum Gasteiger partial charge on any atom is 0.145 e. The molecule has 2 heterocycles. The first kappa shape index (κ1) is 10.0. The lowest BCUT2D eigenvalue weighted by molar-refractivity contribution is 1.02. The van der Waals surface area contributed by atoms with Crippen molar-refractivity contribution in [2.24, 2.45) is 0 Å². The Morgan fingerprint density at radius 3 is 2.80 bits per heavy atom. The molecule has 0 bridgehead atoms. The van der Waals surface area contributed by atoms with Crippen LogP contribution in [0.15, 0.2) is 17.9 Å². The van der Waals surface area contributed by atoms with Crippen LogP contribution in [-0.4, -0.2) is 15.0 Å². The monoisotopic (exact) mass is 220 g/mol. The number of nitrogens with one attached hydrogen (secondary N) is 1. The molecule has 0 saturated heterocycles. The summed E-state index contributed by atoms with van der Waals surface area (Å²) < 4.78 is 0. The summed E-state index contributed by atoms with van der Waals surface area (Å²) in [5.41, 5.74) is 3.76. The van der Waals surface area contributed by atoms with Gasteiger partial charge in [-0.2, -0.15) is 0 Å². The average Bonchev–Trinajstić information content (AvgIpc) is 2.73. The molecule has 0 aromatic carbocycles. The Balaban J connectivity index is 2.02. The topological polar surface area (TPSA) is 50.7 Å². The van der Waals surface area contributed by atoms with E-state index in [9.17, 15) is 0 Å². The quantitative estimate of drug-likeness (QED) is 0.861. The predicted molar refractivity (Wildman–Crippen MR) is 60.9 cm³/mol. The summed E-state index contributed by atoms with van der Waals surface area (Å²) in [6, 6.07) is 0. The van der Waals surface area contributed by atoms with Crippen molar-refractivity contribution in [2.45, 2.75) is 20.4 Å². The lowest BCUT2D eigenvalue weighted by Gasteiger charge is -2.05. The highest BCUT2D eigenvalue weighted by Crippen LogP contribution is 2.10. The molecule has 0 fully saturated rings. The first-order valence-corrected chi connectivity index (χ1v) is 5.55. The van der Waals surface area contributed by atoms with Gasteiger partial charge in [-0.1, -0.05) is 0 Å².